The molecule has 1 amide bonds. The van der Waals surface area contributed by atoms with Crippen molar-refractivity contribution >= 4 is 22.5 Å². The Balaban J connectivity index is 1.79. The largest absolute Gasteiger partial charge is 0.324 e. The minimum absolute atomic E-state index is 0.150. The average molecular weight is 243 g/mol. The number of hydrogen-bond acceptors (Lipinski definition) is 2. The molecule has 94 valence electrons. The predicted molar refractivity (Wildman–Crippen MR) is 71.3 cm³/mol. The second-order valence-electron chi connectivity index (χ2n) is 4.96. The number of nitrogens with zero attached hydrogens (tertiary/aromatic N) is 1. The van der Waals surface area contributed by atoms with E-state index in [1.807, 2.05) is 18.2 Å². The normalized spacial score (nSPS) is 16.9. The molecule has 4 nitrogen and oxygen atoms in total. The highest BCUT2D eigenvalue weighted by Gasteiger charge is 2.21. The first kappa shape index (κ1) is 11.3. The van der Waals surface area contributed by atoms with E-state index >= 15 is 0 Å². The number of rotatable bonds is 2. The first-order valence-electron chi connectivity index (χ1n) is 6.57. The van der Waals surface area contributed by atoms with Gasteiger partial charge in [-0.05, 0) is 18.9 Å². The topological polar surface area (TPSA) is 57.8 Å². The third kappa shape index (κ3) is 2.10. The molecule has 0 spiro atoms. The maximum atomic E-state index is 12.2. The number of carbonyl (C=O) groups is 1. The molecule has 1 aromatic carbocycles. The first-order valence-corrected chi connectivity index (χ1v) is 6.57. The zero-order chi connectivity index (χ0) is 12.4. The maximum Gasteiger partial charge on any atom is 0.227 e. The molecule has 1 saturated carbocycles. The van der Waals surface area contributed by atoms with Crippen LogP contribution in [0.25, 0.3) is 10.9 Å². The molecule has 1 heterocycles. The fourth-order valence-electron chi connectivity index (χ4n) is 2.67. The molecule has 3 rings (SSSR count). The van der Waals surface area contributed by atoms with E-state index in [4.69, 9.17) is 0 Å². The number of benzene rings is 1. The summed E-state index contributed by atoms with van der Waals surface area (Å²) in [5, 5.41) is 11.0. The zero-order valence-electron chi connectivity index (χ0n) is 10.3. The fourth-order valence-corrected chi connectivity index (χ4v) is 2.67. The van der Waals surface area contributed by atoms with E-state index in [1.165, 1.54) is 19.3 Å². The summed E-state index contributed by atoms with van der Waals surface area (Å²) in [6, 6.07) is 5.84. The first-order chi connectivity index (χ1) is 8.84. The van der Waals surface area contributed by atoms with Gasteiger partial charge in [0.25, 0.3) is 0 Å². The van der Waals surface area contributed by atoms with Gasteiger partial charge >= 0.3 is 0 Å². The second kappa shape index (κ2) is 4.80. The van der Waals surface area contributed by atoms with Gasteiger partial charge in [-0.15, -0.1) is 0 Å². The molecule has 2 aromatic rings. The number of nitrogens with one attached hydrogen (secondary N) is 2. The number of aromatic nitrogens is 2. The lowest BCUT2D eigenvalue weighted by atomic mass is 9.88. The van der Waals surface area contributed by atoms with E-state index in [0.29, 0.717) is 0 Å². The van der Waals surface area contributed by atoms with E-state index in [0.717, 1.165) is 29.4 Å². The molecular formula is C14H17N3O. The molecule has 1 aliphatic rings. The van der Waals surface area contributed by atoms with Crippen LogP contribution in [0.2, 0.25) is 0 Å². The lowest BCUT2D eigenvalue weighted by molar-refractivity contribution is -0.120. The number of anilines is 1. The van der Waals surface area contributed by atoms with Crippen molar-refractivity contribution in [3.63, 3.8) is 0 Å². The summed E-state index contributed by atoms with van der Waals surface area (Å²) >= 11 is 0. The number of para-hydroxylation sites is 1. The van der Waals surface area contributed by atoms with Crippen LogP contribution in [0.4, 0.5) is 5.69 Å². The van der Waals surface area contributed by atoms with Crippen molar-refractivity contribution in [3.8, 4) is 0 Å². The number of carbonyl (C=O) groups excluding carboxylic acids is 1. The smallest absolute Gasteiger partial charge is 0.227 e. The fraction of sp³-hybridized carbons (Fsp3) is 0.429. The van der Waals surface area contributed by atoms with Gasteiger partial charge in [-0.25, -0.2) is 0 Å². The molecule has 0 atom stereocenters. The molecule has 0 radical (unpaired) electrons. The molecule has 1 fully saturated rings. The summed E-state index contributed by atoms with van der Waals surface area (Å²) < 4.78 is 0. The van der Waals surface area contributed by atoms with Crippen molar-refractivity contribution in [2.24, 2.45) is 5.92 Å². The molecule has 1 aliphatic carbocycles. The van der Waals surface area contributed by atoms with Gasteiger partial charge in [0, 0.05) is 11.3 Å². The molecular weight excluding hydrogens is 226 g/mol. The Labute approximate surface area is 106 Å². The molecule has 2 N–H and O–H groups in total. The van der Waals surface area contributed by atoms with E-state index in [9.17, 15) is 4.79 Å². The van der Waals surface area contributed by atoms with E-state index in [2.05, 4.69) is 15.5 Å². The van der Waals surface area contributed by atoms with Crippen molar-refractivity contribution in [1.29, 1.82) is 0 Å². The quantitative estimate of drug-likeness (QED) is 0.851. The number of H-pyrrole nitrogens is 1. The van der Waals surface area contributed by atoms with Gasteiger partial charge in [-0.2, -0.15) is 5.10 Å². The van der Waals surface area contributed by atoms with E-state index < -0.39 is 0 Å². The van der Waals surface area contributed by atoms with Crippen LogP contribution in [-0.4, -0.2) is 16.1 Å². The molecule has 0 unspecified atom stereocenters. The van der Waals surface area contributed by atoms with Gasteiger partial charge in [-0.1, -0.05) is 31.4 Å². The van der Waals surface area contributed by atoms with Crippen LogP contribution >= 0.6 is 0 Å². The molecule has 0 aliphatic heterocycles. The number of hydrogen-bond donors (Lipinski definition) is 2. The van der Waals surface area contributed by atoms with Crippen molar-refractivity contribution in [2.45, 2.75) is 32.1 Å². The third-order valence-electron chi connectivity index (χ3n) is 3.71. The highest BCUT2D eigenvalue weighted by atomic mass is 16.1. The predicted octanol–water partition coefficient (Wildman–Crippen LogP) is 3.08. The minimum Gasteiger partial charge on any atom is -0.324 e. The van der Waals surface area contributed by atoms with Gasteiger partial charge < -0.3 is 5.32 Å². The standard InChI is InChI=1S/C14H17N3O/c18-14(10-5-2-1-3-6-10)16-12-8-4-7-11-9-15-17-13(11)12/h4,7-10H,1-3,5-6H2,(H,15,17)(H,16,18). The summed E-state index contributed by atoms with van der Waals surface area (Å²) in [5.41, 5.74) is 1.74. The molecule has 4 heteroatoms. The Morgan fingerprint density at radius 2 is 2.11 bits per heavy atom. The Morgan fingerprint density at radius 3 is 2.94 bits per heavy atom. The summed E-state index contributed by atoms with van der Waals surface area (Å²) in [5.74, 6) is 0.328. The second-order valence-corrected chi connectivity index (χ2v) is 4.96. The Morgan fingerprint density at radius 1 is 1.28 bits per heavy atom. The van der Waals surface area contributed by atoms with Gasteiger partial charge in [0.1, 0.15) is 0 Å². The Bertz CT molecular complexity index is 555. The molecule has 1 aromatic heterocycles. The van der Waals surface area contributed by atoms with Gasteiger partial charge in [0.05, 0.1) is 17.4 Å². The van der Waals surface area contributed by atoms with E-state index in [-0.39, 0.29) is 11.8 Å². The Hall–Kier alpha value is -1.84. The average Bonchev–Trinajstić information content (AvgIpc) is 2.89. The zero-order valence-corrected chi connectivity index (χ0v) is 10.3. The number of aromatic amines is 1. The monoisotopic (exact) mass is 243 g/mol. The number of fused-ring (bicyclic) bond motifs is 1. The molecule has 0 bridgehead atoms. The maximum absolute atomic E-state index is 12.2. The summed E-state index contributed by atoms with van der Waals surface area (Å²) in [7, 11) is 0. The van der Waals surface area contributed by atoms with E-state index in [1.54, 1.807) is 6.20 Å². The van der Waals surface area contributed by atoms with Crippen LogP contribution in [0.3, 0.4) is 0 Å². The van der Waals surface area contributed by atoms with Crippen molar-refractivity contribution < 1.29 is 4.79 Å². The molecule has 18 heavy (non-hydrogen) atoms. The van der Waals surface area contributed by atoms with Crippen LogP contribution in [0.5, 0.6) is 0 Å². The van der Waals surface area contributed by atoms with Crippen molar-refractivity contribution in [3.05, 3.63) is 24.4 Å². The van der Waals surface area contributed by atoms with Crippen LogP contribution in [0.15, 0.2) is 24.4 Å². The summed E-state index contributed by atoms with van der Waals surface area (Å²) in [4.78, 5) is 12.2. The highest BCUT2D eigenvalue weighted by molar-refractivity contribution is 6.00. The lowest BCUT2D eigenvalue weighted by Gasteiger charge is -2.20. The van der Waals surface area contributed by atoms with Crippen LogP contribution in [-0.2, 0) is 4.79 Å². The Kier molecular flexibility index (Phi) is 3.00. The number of amides is 1. The van der Waals surface area contributed by atoms with Gasteiger partial charge in [0.15, 0.2) is 0 Å². The molecule has 0 saturated heterocycles. The summed E-state index contributed by atoms with van der Waals surface area (Å²) in [6.45, 7) is 0. The lowest BCUT2D eigenvalue weighted by Crippen LogP contribution is -2.24. The summed E-state index contributed by atoms with van der Waals surface area (Å²) in [6.07, 6.45) is 7.42. The third-order valence-corrected chi connectivity index (χ3v) is 3.71. The van der Waals surface area contributed by atoms with Crippen LogP contribution in [0.1, 0.15) is 32.1 Å². The SMILES string of the molecule is O=C(Nc1cccc2cn[nH]c12)C1CCCCC1. The van der Waals surface area contributed by atoms with Gasteiger partial charge in [-0.3, -0.25) is 9.89 Å². The highest BCUT2D eigenvalue weighted by Crippen LogP contribution is 2.26. The van der Waals surface area contributed by atoms with Crippen molar-refractivity contribution in [2.75, 3.05) is 5.32 Å². The van der Waals surface area contributed by atoms with Crippen molar-refractivity contribution in [1.82, 2.24) is 10.2 Å². The van der Waals surface area contributed by atoms with Gasteiger partial charge in [0.2, 0.25) is 5.91 Å². The van der Waals surface area contributed by atoms with Crippen LogP contribution in [0, 0.1) is 5.92 Å². The minimum atomic E-state index is 0.150. The van der Waals surface area contributed by atoms with Crippen LogP contribution < -0.4 is 5.32 Å².